The lowest BCUT2D eigenvalue weighted by Gasteiger charge is -2.27. The Labute approximate surface area is 128 Å². The standard InChI is InChI=1S/C18H29FN2/c1-3-13-20-18(16-10-6-7-11-17(16)19)12-14-21(2)15-8-4-5-9-15/h6-7,10-11,15,18,20H,3-5,8-9,12-14H2,1-2H3. The molecule has 118 valence electrons. The van der Waals surface area contributed by atoms with Gasteiger partial charge in [0, 0.05) is 17.6 Å². The second-order valence-corrected chi connectivity index (χ2v) is 6.24. The molecule has 1 aliphatic carbocycles. The molecular weight excluding hydrogens is 263 g/mol. The second-order valence-electron chi connectivity index (χ2n) is 6.24. The molecule has 2 rings (SSSR count). The number of nitrogens with zero attached hydrogens (tertiary/aromatic N) is 1. The molecule has 21 heavy (non-hydrogen) atoms. The van der Waals surface area contributed by atoms with Gasteiger partial charge in [-0.15, -0.1) is 0 Å². The topological polar surface area (TPSA) is 15.3 Å². The Balaban J connectivity index is 1.94. The van der Waals surface area contributed by atoms with Crippen LogP contribution >= 0.6 is 0 Å². The van der Waals surface area contributed by atoms with Gasteiger partial charge in [-0.2, -0.15) is 0 Å². The van der Waals surface area contributed by atoms with Gasteiger partial charge in [-0.3, -0.25) is 0 Å². The lowest BCUT2D eigenvalue weighted by Crippen LogP contribution is -2.33. The lowest BCUT2D eigenvalue weighted by molar-refractivity contribution is 0.231. The van der Waals surface area contributed by atoms with Crippen molar-refractivity contribution in [3.63, 3.8) is 0 Å². The van der Waals surface area contributed by atoms with E-state index in [0.717, 1.165) is 37.5 Å². The Kier molecular flexibility index (Phi) is 6.65. The van der Waals surface area contributed by atoms with Crippen LogP contribution in [0.1, 0.15) is 57.1 Å². The van der Waals surface area contributed by atoms with Crippen LogP contribution in [0.4, 0.5) is 4.39 Å². The number of rotatable bonds is 8. The Morgan fingerprint density at radius 2 is 2.00 bits per heavy atom. The number of halogens is 1. The number of hydrogen-bond donors (Lipinski definition) is 1. The van der Waals surface area contributed by atoms with Gasteiger partial charge in [-0.1, -0.05) is 38.0 Å². The molecule has 0 heterocycles. The lowest BCUT2D eigenvalue weighted by atomic mass is 10.0. The highest BCUT2D eigenvalue weighted by molar-refractivity contribution is 5.21. The van der Waals surface area contributed by atoms with E-state index in [4.69, 9.17) is 0 Å². The first kappa shape index (κ1) is 16.4. The zero-order valence-corrected chi connectivity index (χ0v) is 13.4. The van der Waals surface area contributed by atoms with E-state index in [1.54, 1.807) is 12.1 Å². The average Bonchev–Trinajstić information content (AvgIpc) is 3.02. The van der Waals surface area contributed by atoms with Gasteiger partial charge in [0.05, 0.1) is 0 Å². The van der Waals surface area contributed by atoms with Crippen LogP contribution in [0.3, 0.4) is 0 Å². The SMILES string of the molecule is CCCNC(CCN(C)C1CCCC1)c1ccccc1F. The largest absolute Gasteiger partial charge is 0.310 e. The number of nitrogens with one attached hydrogen (secondary N) is 1. The van der Waals surface area contributed by atoms with Gasteiger partial charge in [0.25, 0.3) is 0 Å². The van der Waals surface area contributed by atoms with Gasteiger partial charge in [0.15, 0.2) is 0 Å². The molecule has 1 aliphatic rings. The highest BCUT2D eigenvalue weighted by Gasteiger charge is 2.21. The predicted molar refractivity (Wildman–Crippen MR) is 86.9 cm³/mol. The molecule has 0 aliphatic heterocycles. The molecule has 1 fully saturated rings. The number of benzene rings is 1. The average molecular weight is 292 g/mol. The second kappa shape index (κ2) is 8.50. The molecule has 1 atom stereocenters. The molecule has 0 spiro atoms. The minimum Gasteiger partial charge on any atom is -0.310 e. The Hall–Kier alpha value is -0.930. The van der Waals surface area contributed by atoms with Crippen molar-refractivity contribution in [2.75, 3.05) is 20.1 Å². The van der Waals surface area contributed by atoms with E-state index in [2.05, 4.69) is 24.2 Å². The first-order chi connectivity index (χ1) is 10.2. The molecular formula is C18H29FN2. The van der Waals surface area contributed by atoms with Crippen LogP contribution in [-0.2, 0) is 0 Å². The molecule has 1 aromatic rings. The normalized spacial score (nSPS) is 17.5. The Morgan fingerprint density at radius 3 is 2.67 bits per heavy atom. The summed E-state index contributed by atoms with van der Waals surface area (Å²) >= 11 is 0. The molecule has 2 nitrogen and oxygen atoms in total. The highest BCUT2D eigenvalue weighted by atomic mass is 19.1. The summed E-state index contributed by atoms with van der Waals surface area (Å²) in [6, 6.07) is 8.03. The van der Waals surface area contributed by atoms with Crippen LogP contribution in [0.25, 0.3) is 0 Å². The third kappa shape index (κ3) is 4.79. The predicted octanol–water partition coefficient (Wildman–Crippen LogP) is 4.13. The fourth-order valence-corrected chi connectivity index (χ4v) is 3.30. The smallest absolute Gasteiger partial charge is 0.127 e. The van der Waals surface area contributed by atoms with Gasteiger partial charge in [-0.25, -0.2) is 4.39 Å². The van der Waals surface area contributed by atoms with E-state index in [-0.39, 0.29) is 11.9 Å². The molecule has 1 aromatic carbocycles. The van der Waals surface area contributed by atoms with Crippen LogP contribution in [0.2, 0.25) is 0 Å². The number of hydrogen-bond acceptors (Lipinski definition) is 2. The van der Waals surface area contributed by atoms with E-state index in [1.807, 2.05) is 12.1 Å². The van der Waals surface area contributed by atoms with E-state index in [0.29, 0.717) is 0 Å². The summed E-state index contributed by atoms with van der Waals surface area (Å²) in [5, 5.41) is 3.51. The molecule has 0 saturated heterocycles. The third-order valence-electron chi connectivity index (χ3n) is 4.64. The molecule has 3 heteroatoms. The minimum absolute atomic E-state index is 0.0883. The van der Waals surface area contributed by atoms with Gasteiger partial charge in [0.1, 0.15) is 5.82 Å². The van der Waals surface area contributed by atoms with E-state index >= 15 is 0 Å². The third-order valence-corrected chi connectivity index (χ3v) is 4.64. The Morgan fingerprint density at radius 1 is 1.29 bits per heavy atom. The highest BCUT2D eigenvalue weighted by Crippen LogP contribution is 2.25. The molecule has 1 unspecified atom stereocenters. The summed E-state index contributed by atoms with van der Waals surface area (Å²) in [5.74, 6) is -0.0883. The Bertz CT molecular complexity index is 415. The van der Waals surface area contributed by atoms with Gasteiger partial charge in [0.2, 0.25) is 0 Å². The molecule has 0 aromatic heterocycles. The van der Waals surface area contributed by atoms with Crippen molar-refractivity contribution >= 4 is 0 Å². The van der Waals surface area contributed by atoms with Crippen LogP contribution in [0, 0.1) is 5.82 Å². The fraction of sp³-hybridized carbons (Fsp3) is 0.667. The monoisotopic (exact) mass is 292 g/mol. The van der Waals surface area contributed by atoms with Crippen LogP contribution < -0.4 is 5.32 Å². The van der Waals surface area contributed by atoms with Crippen molar-refractivity contribution in [2.24, 2.45) is 0 Å². The first-order valence-electron chi connectivity index (χ1n) is 8.40. The zero-order valence-electron chi connectivity index (χ0n) is 13.4. The van der Waals surface area contributed by atoms with Crippen LogP contribution in [-0.4, -0.2) is 31.1 Å². The maximum Gasteiger partial charge on any atom is 0.127 e. The summed E-state index contributed by atoms with van der Waals surface area (Å²) in [4.78, 5) is 2.47. The molecule has 0 radical (unpaired) electrons. The van der Waals surface area contributed by atoms with Crippen molar-refractivity contribution in [2.45, 2.75) is 57.5 Å². The quantitative estimate of drug-likeness (QED) is 0.775. The minimum atomic E-state index is -0.0883. The molecule has 1 N–H and O–H groups in total. The summed E-state index contributed by atoms with van der Waals surface area (Å²) in [6.45, 7) is 4.11. The zero-order chi connectivity index (χ0) is 15.1. The van der Waals surface area contributed by atoms with E-state index in [9.17, 15) is 4.39 Å². The summed E-state index contributed by atoms with van der Waals surface area (Å²) in [7, 11) is 2.22. The molecule has 0 amide bonds. The molecule has 1 saturated carbocycles. The summed E-state index contributed by atoms with van der Waals surface area (Å²) in [5.41, 5.74) is 0.811. The van der Waals surface area contributed by atoms with Crippen molar-refractivity contribution < 1.29 is 4.39 Å². The maximum absolute atomic E-state index is 14.0. The van der Waals surface area contributed by atoms with Crippen molar-refractivity contribution in [3.05, 3.63) is 35.6 Å². The van der Waals surface area contributed by atoms with Crippen LogP contribution in [0.5, 0.6) is 0 Å². The molecule has 0 bridgehead atoms. The van der Waals surface area contributed by atoms with Gasteiger partial charge >= 0.3 is 0 Å². The van der Waals surface area contributed by atoms with E-state index in [1.165, 1.54) is 25.7 Å². The summed E-state index contributed by atoms with van der Waals surface area (Å²) in [6.07, 6.45) is 7.41. The first-order valence-corrected chi connectivity index (χ1v) is 8.40. The van der Waals surface area contributed by atoms with Crippen molar-refractivity contribution in [3.8, 4) is 0 Å². The van der Waals surface area contributed by atoms with Crippen molar-refractivity contribution in [1.29, 1.82) is 0 Å². The van der Waals surface area contributed by atoms with Crippen LogP contribution in [0.15, 0.2) is 24.3 Å². The fourth-order valence-electron chi connectivity index (χ4n) is 3.30. The summed E-state index contributed by atoms with van der Waals surface area (Å²) < 4.78 is 14.0. The van der Waals surface area contributed by atoms with Gasteiger partial charge < -0.3 is 10.2 Å². The van der Waals surface area contributed by atoms with E-state index < -0.39 is 0 Å². The van der Waals surface area contributed by atoms with Crippen molar-refractivity contribution in [1.82, 2.24) is 10.2 Å². The maximum atomic E-state index is 14.0. The van der Waals surface area contributed by atoms with Gasteiger partial charge in [-0.05, 0) is 51.9 Å².